The molecule has 0 aliphatic heterocycles. The molecule has 1 fully saturated rings. The van der Waals surface area contributed by atoms with E-state index < -0.39 is 0 Å². The van der Waals surface area contributed by atoms with Gasteiger partial charge in [0, 0.05) is 29.8 Å². The van der Waals surface area contributed by atoms with Crippen LogP contribution in [0.3, 0.4) is 0 Å². The third kappa shape index (κ3) is 3.01. The molecular formula is C17H22N2. The fourth-order valence-electron chi connectivity index (χ4n) is 3.06. The van der Waals surface area contributed by atoms with Crippen LogP contribution in [0.5, 0.6) is 0 Å². The van der Waals surface area contributed by atoms with E-state index in [-0.39, 0.29) is 0 Å². The smallest absolute Gasteiger partial charge is 0.0469 e. The standard InChI is InChI=1S/C17H22N2/c1-14-6-4-7-15(12-14)18-16-8-5-9-17(13-16)19-10-2-3-11-19/h2-3,5,8-11,13-15,18H,4,6-7,12H2,1H3. The van der Waals surface area contributed by atoms with Gasteiger partial charge in [-0.15, -0.1) is 0 Å². The van der Waals surface area contributed by atoms with Gasteiger partial charge >= 0.3 is 0 Å². The number of nitrogens with zero attached hydrogens (tertiary/aromatic N) is 1. The van der Waals surface area contributed by atoms with Crippen molar-refractivity contribution in [1.82, 2.24) is 4.57 Å². The minimum Gasteiger partial charge on any atom is -0.382 e. The second-order valence-electron chi connectivity index (χ2n) is 5.75. The lowest BCUT2D eigenvalue weighted by Crippen LogP contribution is -2.26. The molecule has 1 aliphatic rings. The molecule has 1 saturated carbocycles. The maximum absolute atomic E-state index is 3.70. The van der Waals surface area contributed by atoms with E-state index in [9.17, 15) is 0 Å². The maximum atomic E-state index is 3.70. The first-order valence-electron chi connectivity index (χ1n) is 7.31. The third-order valence-corrected chi connectivity index (χ3v) is 4.06. The number of hydrogen-bond donors (Lipinski definition) is 1. The highest BCUT2D eigenvalue weighted by Crippen LogP contribution is 2.26. The Bertz CT molecular complexity index is 516. The highest BCUT2D eigenvalue weighted by Gasteiger charge is 2.18. The highest BCUT2D eigenvalue weighted by molar-refractivity contribution is 5.51. The Hall–Kier alpha value is -1.70. The Morgan fingerprint density at radius 2 is 1.95 bits per heavy atom. The molecule has 100 valence electrons. The molecule has 19 heavy (non-hydrogen) atoms. The summed E-state index contributed by atoms with van der Waals surface area (Å²) in [5.41, 5.74) is 2.46. The third-order valence-electron chi connectivity index (χ3n) is 4.06. The minimum atomic E-state index is 0.642. The van der Waals surface area contributed by atoms with Crippen molar-refractivity contribution in [2.45, 2.75) is 38.6 Å². The molecule has 0 bridgehead atoms. The monoisotopic (exact) mass is 254 g/mol. The van der Waals surface area contributed by atoms with E-state index in [0.717, 1.165) is 5.92 Å². The van der Waals surface area contributed by atoms with E-state index in [0.29, 0.717) is 6.04 Å². The van der Waals surface area contributed by atoms with Crippen molar-refractivity contribution in [2.75, 3.05) is 5.32 Å². The number of rotatable bonds is 3. The van der Waals surface area contributed by atoms with Crippen LogP contribution in [0.25, 0.3) is 5.69 Å². The zero-order valence-electron chi connectivity index (χ0n) is 11.5. The molecule has 0 saturated heterocycles. The lowest BCUT2D eigenvalue weighted by molar-refractivity contribution is 0.358. The van der Waals surface area contributed by atoms with Gasteiger partial charge in [0.15, 0.2) is 0 Å². The van der Waals surface area contributed by atoms with Gasteiger partial charge in [-0.25, -0.2) is 0 Å². The van der Waals surface area contributed by atoms with Gasteiger partial charge < -0.3 is 9.88 Å². The summed E-state index contributed by atoms with van der Waals surface area (Å²) in [6, 6.07) is 13.4. The summed E-state index contributed by atoms with van der Waals surface area (Å²) in [7, 11) is 0. The topological polar surface area (TPSA) is 17.0 Å². The van der Waals surface area contributed by atoms with Crippen molar-refractivity contribution < 1.29 is 0 Å². The molecular weight excluding hydrogens is 232 g/mol. The number of nitrogens with one attached hydrogen (secondary N) is 1. The van der Waals surface area contributed by atoms with E-state index in [4.69, 9.17) is 0 Å². The largest absolute Gasteiger partial charge is 0.382 e. The van der Waals surface area contributed by atoms with Crippen LogP contribution >= 0.6 is 0 Å². The fraction of sp³-hybridized carbons (Fsp3) is 0.412. The molecule has 2 nitrogen and oxygen atoms in total. The first-order chi connectivity index (χ1) is 9.31. The molecule has 1 N–H and O–H groups in total. The van der Waals surface area contributed by atoms with E-state index in [1.165, 1.54) is 37.1 Å². The summed E-state index contributed by atoms with van der Waals surface area (Å²) < 4.78 is 2.15. The molecule has 2 atom stereocenters. The Morgan fingerprint density at radius 1 is 1.11 bits per heavy atom. The van der Waals surface area contributed by atoms with Gasteiger partial charge in [0.05, 0.1) is 0 Å². The Balaban J connectivity index is 1.73. The zero-order chi connectivity index (χ0) is 13.1. The second kappa shape index (κ2) is 5.52. The van der Waals surface area contributed by atoms with Crippen LogP contribution in [-0.2, 0) is 0 Å². The number of anilines is 1. The quantitative estimate of drug-likeness (QED) is 0.855. The van der Waals surface area contributed by atoms with Crippen molar-refractivity contribution in [2.24, 2.45) is 5.92 Å². The molecule has 1 heterocycles. The van der Waals surface area contributed by atoms with Gasteiger partial charge in [0.2, 0.25) is 0 Å². The van der Waals surface area contributed by atoms with Gasteiger partial charge in [0.1, 0.15) is 0 Å². The number of hydrogen-bond acceptors (Lipinski definition) is 1. The highest BCUT2D eigenvalue weighted by atomic mass is 15.0. The van der Waals surface area contributed by atoms with E-state index in [2.05, 4.69) is 65.6 Å². The van der Waals surface area contributed by atoms with Crippen molar-refractivity contribution in [3.05, 3.63) is 48.8 Å². The Kier molecular flexibility index (Phi) is 3.58. The van der Waals surface area contributed by atoms with Crippen LogP contribution in [0.4, 0.5) is 5.69 Å². The average molecular weight is 254 g/mol. The van der Waals surface area contributed by atoms with E-state index >= 15 is 0 Å². The Morgan fingerprint density at radius 3 is 2.74 bits per heavy atom. The predicted octanol–water partition coefficient (Wildman–Crippen LogP) is 4.47. The molecule has 1 aromatic carbocycles. The van der Waals surface area contributed by atoms with Gasteiger partial charge in [0.25, 0.3) is 0 Å². The molecule has 3 rings (SSSR count). The van der Waals surface area contributed by atoms with Crippen LogP contribution in [0.2, 0.25) is 0 Å². The van der Waals surface area contributed by atoms with Crippen molar-refractivity contribution >= 4 is 5.69 Å². The SMILES string of the molecule is CC1CCCC(Nc2cccc(-n3cccc3)c2)C1. The molecule has 0 radical (unpaired) electrons. The van der Waals surface area contributed by atoms with E-state index in [1.807, 2.05) is 0 Å². The molecule has 0 amide bonds. The van der Waals surface area contributed by atoms with Gasteiger partial charge in [-0.3, -0.25) is 0 Å². The summed E-state index contributed by atoms with van der Waals surface area (Å²) in [4.78, 5) is 0. The van der Waals surface area contributed by atoms with Crippen LogP contribution in [0.15, 0.2) is 48.8 Å². The average Bonchev–Trinajstić information content (AvgIpc) is 2.93. The summed E-state index contributed by atoms with van der Waals surface area (Å²) >= 11 is 0. The summed E-state index contributed by atoms with van der Waals surface area (Å²) in [6.45, 7) is 2.37. The molecule has 1 aliphatic carbocycles. The number of benzene rings is 1. The van der Waals surface area contributed by atoms with Crippen molar-refractivity contribution in [3.63, 3.8) is 0 Å². The van der Waals surface area contributed by atoms with Gasteiger partial charge in [-0.2, -0.15) is 0 Å². The summed E-state index contributed by atoms with van der Waals surface area (Å²) in [5, 5.41) is 3.70. The molecule has 2 unspecified atom stereocenters. The van der Waals surface area contributed by atoms with Gasteiger partial charge in [-0.05, 0) is 49.1 Å². The second-order valence-corrected chi connectivity index (χ2v) is 5.75. The first kappa shape index (κ1) is 12.3. The fourth-order valence-corrected chi connectivity index (χ4v) is 3.06. The lowest BCUT2D eigenvalue weighted by Gasteiger charge is -2.28. The van der Waals surface area contributed by atoms with Crippen LogP contribution in [0, 0.1) is 5.92 Å². The van der Waals surface area contributed by atoms with Crippen LogP contribution in [-0.4, -0.2) is 10.6 Å². The number of aromatic nitrogens is 1. The maximum Gasteiger partial charge on any atom is 0.0469 e. The predicted molar refractivity (Wildman–Crippen MR) is 80.8 cm³/mol. The summed E-state index contributed by atoms with van der Waals surface area (Å²) in [6.07, 6.45) is 9.52. The lowest BCUT2D eigenvalue weighted by atomic mass is 9.87. The zero-order valence-corrected chi connectivity index (χ0v) is 11.5. The van der Waals surface area contributed by atoms with Crippen molar-refractivity contribution in [1.29, 1.82) is 0 Å². The Labute approximate surface area is 115 Å². The molecule has 2 aromatic rings. The molecule has 1 aromatic heterocycles. The van der Waals surface area contributed by atoms with E-state index in [1.54, 1.807) is 0 Å². The molecule has 2 heteroatoms. The van der Waals surface area contributed by atoms with Crippen LogP contribution in [0.1, 0.15) is 32.6 Å². The van der Waals surface area contributed by atoms with Crippen LogP contribution < -0.4 is 5.32 Å². The van der Waals surface area contributed by atoms with Gasteiger partial charge in [-0.1, -0.05) is 25.8 Å². The minimum absolute atomic E-state index is 0.642. The van der Waals surface area contributed by atoms with Crippen molar-refractivity contribution in [3.8, 4) is 5.69 Å². The molecule has 0 spiro atoms. The normalized spacial score (nSPS) is 23.2. The summed E-state index contributed by atoms with van der Waals surface area (Å²) in [5.74, 6) is 0.860. The first-order valence-corrected chi connectivity index (χ1v) is 7.31.